The lowest BCUT2D eigenvalue weighted by Gasteiger charge is -2.19. The monoisotopic (exact) mass is 323 g/mol. The van der Waals surface area contributed by atoms with Gasteiger partial charge in [0.25, 0.3) is 5.92 Å². The van der Waals surface area contributed by atoms with Crippen LogP contribution >= 0.6 is 0 Å². The molecule has 3 nitrogen and oxygen atoms in total. The van der Waals surface area contributed by atoms with Crippen molar-refractivity contribution < 1.29 is 25.6 Å². The van der Waals surface area contributed by atoms with Gasteiger partial charge in [-0.05, 0) is 33.8 Å². The van der Waals surface area contributed by atoms with Crippen molar-refractivity contribution >= 4 is 17.1 Å². The maximum Gasteiger partial charge on any atom is 0.298 e. The van der Waals surface area contributed by atoms with E-state index in [1.807, 2.05) is 0 Å². The zero-order chi connectivity index (χ0) is 18.2. The maximum atomic E-state index is 14.4. The molecule has 1 unspecified atom stereocenters. The lowest BCUT2D eigenvalue weighted by Crippen LogP contribution is -2.27. The third kappa shape index (κ3) is 4.21. The van der Waals surface area contributed by atoms with E-state index >= 15 is 0 Å². The molecule has 21 heavy (non-hydrogen) atoms. The SMILES string of the molecule is [2H]C([2H])(O)C(F)(F)c1cccc(C(C)=N[S+]([O-])C(C)(C)C)c1F. The molecule has 1 aromatic rings. The summed E-state index contributed by atoms with van der Waals surface area (Å²) >= 11 is -1.71. The van der Waals surface area contributed by atoms with Gasteiger partial charge in [0.15, 0.2) is 0 Å². The molecule has 0 bridgehead atoms. The van der Waals surface area contributed by atoms with Crippen molar-refractivity contribution in [3.8, 4) is 0 Å². The van der Waals surface area contributed by atoms with Crippen LogP contribution in [0.25, 0.3) is 0 Å². The largest absolute Gasteiger partial charge is 0.591 e. The van der Waals surface area contributed by atoms with Gasteiger partial charge in [0.05, 0.1) is 14.0 Å². The van der Waals surface area contributed by atoms with Crippen LogP contribution in [0.1, 0.15) is 41.6 Å². The molecule has 7 heteroatoms. The predicted octanol–water partition coefficient (Wildman–Crippen LogP) is 3.18. The van der Waals surface area contributed by atoms with E-state index in [0.717, 1.165) is 6.07 Å². The first-order valence-electron chi connectivity index (χ1n) is 7.06. The second-order valence-electron chi connectivity index (χ2n) is 5.39. The number of hydrogen-bond donors (Lipinski definition) is 1. The summed E-state index contributed by atoms with van der Waals surface area (Å²) in [4.78, 5) is 0. The Balaban J connectivity index is 3.38. The van der Waals surface area contributed by atoms with Crippen LogP contribution < -0.4 is 0 Å². The summed E-state index contributed by atoms with van der Waals surface area (Å²) in [5.74, 6) is -5.86. The molecule has 0 amide bonds. The second-order valence-corrected chi connectivity index (χ2v) is 7.30. The van der Waals surface area contributed by atoms with Crippen molar-refractivity contribution in [2.45, 2.75) is 38.4 Å². The molecular weight excluding hydrogens is 303 g/mol. The molecule has 1 aromatic carbocycles. The molecule has 0 radical (unpaired) electrons. The predicted molar refractivity (Wildman–Crippen MR) is 77.5 cm³/mol. The van der Waals surface area contributed by atoms with Crippen molar-refractivity contribution in [3.05, 3.63) is 35.1 Å². The van der Waals surface area contributed by atoms with Gasteiger partial charge in [0, 0.05) is 5.56 Å². The first-order chi connectivity index (χ1) is 10.2. The smallest absolute Gasteiger partial charge is 0.298 e. The van der Waals surface area contributed by atoms with Crippen LogP contribution in [0, 0.1) is 5.82 Å². The summed E-state index contributed by atoms with van der Waals surface area (Å²) in [5, 5.41) is 8.94. The van der Waals surface area contributed by atoms with E-state index in [2.05, 4.69) is 4.40 Å². The highest BCUT2D eigenvalue weighted by atomic mass is 32.2. The van der Waals surface area contributed by atoms with E-state index < -0.39 is 40.0 Å². The Morgan fingerprint density at radius 3 is 2.48 bits per heavy atom. The molecule has 0 aliphatic rings. The fourth-order valence-electron chi connectivity index (χ4n) is 1.42. The van der Waals surface area contributed by atoms with Crippen molar-refractivity contribution in [3.63, 3.8) is 0 Å². The molecular formula is C14H18F3NO2S. The Kier molecular flexibility index (Phi) is 4.51. The van der Waals surface area contributed by atoms with Crippen molar-refractivity contribution in [1.29, 1.82) is 0 Å². The Labute approximate surface area is 128 Å². The number of rotatable bonds is 4. The minimum absolute atomic E-state index is 0.0630. The third-order valence-electron chi connectivity index (χ3n) is 2.61. The Morgan fingerprint density at radius 2 is 2.00 bits per heavy atom. The molecule has 0 saturated carbocycles. The summed E-state index contributed by atoms with van der Waals surface area (Å²) in [6, 6.07) is 2.94. The lowest BCUT2D eigenvalue weighted by molar-refractivity contribution is -0.0582. The first-order valence-corrected chi connectivity index (χ1v) is 7.17. The average molecular weight is 323 g/mol. The normalized spacial score (nSPS) is 17.3. The third-order valence-corrected chi connectivity index (χ3v) is 4.10. The molecule has 0 saturated heterocycles. The van der Waals surface area contributed by atoms with Crippen LogP contribution in [0.5, 0.6) is 0 Å². The number of nitrogens with zero attached hydrogens (tertiary/aromatic N) is 1. The van der Waals surface area contributed by atoms with Gasteiger partial charge in [0.2, 0.25) is 0 Å². The standard InChI is InChI=1S/C14H18F3NO2S/c1-9(18-21(20)13(2,3)4)10-6-5-7-11(12(10)15)14(16,17)8-19/h5-7,19H,8H2,1-4H3/i8D2. The first kappa shape index (κ1) is 14.9. The van der Waals surface area contributed by atoms with Gasteiger partial charge in [-0.15, -0.1) is 0 Å². The highest BCUT2D eigenvalue weighted by Crippen LogP contribution is 2.31. The number of benzene rings is 1. The topological polar surface area (TPSA) is 55.7 Å². The summed E-state index contributed by atoms with van der Waals surface area (Å²) in [6.45, 7) is 2.35. The molecule has 0 fully saturated rings. The van der Waals surface area contributed by atoms with E-state index in [0.29, 0.717) is 6.07 Å². The van der Waals surface area contributed by atoms with Gasteiger partial charge in [-0.25, -0.2) is 4.39 Å². The summed E-state index contributed by atoms with van der Waals surface area (Å²) < 4.78 is 70.7. The molecule has 0 spiro atoms. The highest BCUT2D eigenvalue weighted by molar-refractivity contribution is 7.91. The molecule has 118 valence electrons. The Bertz CT molecular complexity index is 613. The summed E-state index contributed by atoms with van der Waals surface area (Å²) in [7, 11) is 0. The van der Waals surface area contributed by atoms with Gasteiger partial charge in [0.1, 0.15) is 28.5 Å². The van der Waals surface area contributed by atoms with Gasteiger partial charge in [-0.2, -0.15) is 8.78 Å². The van der Waals surface area contributed by atoms with Gasteiger partial charge >= 0.3 is 0 Å². The molecule has 1 atom stereocenters. The molecule has 0 heterocycles. The summed E-state index contributed by atoms with van der Waals surface area (Å²) in [5.41, 5.74) is -1.69. The van der Waals surface area contributed by atoms with Crippen molar-refractivity contribution in [2.75, 3.05) is 6.56 Å². The second kappa shape index (κ2) is 6.37. The number of hydrogen-bond acceptors (Lipinski definition) is 3. The van der Waals surface area contributed by atoms with Crippen LogP contribution in [-0.2, 0) is 17.3 Å². The minimum Gasteiger partial charge on any atom is -0.591 e. The van der Waals surface area contributed by atoms with Crippen LogP contribution in [0.3, 0.4) is 0 Å². The molecule has 0 aliphatic carbocycles. The number of halogens is 3. The lowest BCUT2D eigenvalue weighted by atomic mass is 10.0. The van der Waals surface area contributed by atoms with Crippen molar-refractivity contribution in [2.24, 2.45) is 4.40 Å². The van der Waals surface area contributed by atoms with Crippen LogP contribution in [-0.4, -0.2) is 26.7 Å². The van der Waals surface area contributed by atoms with Crippen LogP contribution in [0.4, 0.5) is 13.2 Å². The maximum absolute atomic E-state index is 14.4. The van der Waals surface area contributed by atoms with E-state index in [1.54, 1.807) is 20.8 Å². The summed E-state index contributed by atoms with van der Waals surface area (Å²) in [6.07, 6.45) is 0. The Hall–Kier alpha value is -1.05. The number of alkyl halides is 2. The van der Waals surface area contributed by atoms with E-state index in [-0.39, 0.29) is 11.3 Å². The molecule has 0 aliphatic heterocycles. The van der Waals surface area contributed by atoms with Crippen LogP contribution in [0.15, 0.2) is 22.6 Å². The molecule has 1 rings (SSSR count). The zero-order valence-electron chi connectivity index (χ0n) is 14.1. The van der Waals surface area contributed by atoms with Gasteiger partial charge < -0.3 is 9.66 Å². The van der Waals surface area contributed by atoms with Gasteiger partial charge in [-0.1, -0.05) is 16.5 Å². The van der Waals surface area contributed by atoms with E-state index in [1.165, 1.54) is 13.0 Å². The van der Waals surface area contributed by atoms with E-state index in [9.17, 15) is 17.7 Å². The Morgan fingerprint density at radius 1 is 1.43 bits per heavy atom. The van der Waals surface area contributed by atoms with E-state index in [4.69, 9.17) is 7.85 Å². The van der Waals surface area contributed by atoms with Gasteiger partial charge in [-0.3, -0.25) is 0 Å². The quantitative estimate of drug-likeness (QED) is 0.683. The number of aliphatic hydroxyl groups is 1. The fourth-order valence-corrected chi connectivity index (χ4v) is 2.05. The zero-order valence-corrected chi connectivity index (χ0v) is 12.9. The minimum atomic E-state index is -4.45. The average Bonchev–Trinajstić information content (AvgIpc) is 2.35. The molecule has 1 N–H and O–H groups in total. The van der Waals surface area contributed by atoms with Crippen molar-refractivity contribution in [1.82, 2.24) is 0 Å². The fraction of sp³-hybridized carbons (Fsp3) is 0.500. The highest BCUT2D eigenvalue weighted by Gasteiger charge is 2.35. The van der Waals surface area contributed by atoms with Crippen LogP contribution in [0.2, 0.25) is 0 Å². The molecule has 0 aromatic heterocycles.